The Labute approximate surface area is 122 Å². The van der Waals surface area contributed by atoms with Crippen LogP contribution in [0.2, 0.25) is 5.02 Å². The van der Waals surface area contributed by atoms with Crippen molar-refractivity contribution >= 4 is 17.4 Å². The number of nitrogens with zero attached hydrogens (tertiary/aromatic N) is 2. The van der Waals surface area contributed by atoms with Gasteiger partial charge in [-0.05, 0) is 37.0 Å². The SMILES string of the molecule is CNc1nc(Cc2ccc(F)cc2Cl)nc2c1CCC2. The van der Waals surface area contributed by atoms with Gasteiger partial charge < -0.3 is 5.32 Å². The molecule has 0 spiro atoms. The second-order valence-corrected chi connectivity index (χ2v) is 5.34. The molecule has 3 rings (SSSR count). The first kappa shape index (κ1) is 13.3. The third-order valence-electron chi connectivity index (χ3n) is 3.58. The van der Waals surface area contributed by atoms with Gasteiger partial charge in [0.2, 0.25) is 0 Å². The Kier molecular flexibility index (Phi) is 3.57. The maximum Gasteiger partial charge on any atom is 0.135 e. The maximum absolute atomic E-state index is 13.1. The van der Waals surface area contributed by atoms with E-state index in [4.69, 9.17) is 11.6 Å². The number of aryl methyl sites for hydroxylation is 1. The number of benzene rings is 1. The standard InChI is InChI=1S/C15H15ClFN3/c1-18-15-11-3-2-4-13(11)19-14(20-15)7-9-5-6-10(17)8-12(9)16/h5-6,8H,2-4,7H2,1H3,(H,18,19,20). The lowest BCUT2D eigenvalue weighted by Crippen LogP contribution is -2.06. The average molecular weight is 292 g/mol. The van der Waals surface area contributed by atoms with Crippen molar-refractivity contribution in [1.82, 2.24) is 9.97 Å². The van der Waals surface area contributed by atoms with Gasteiger partial charge in [-0.3, -0.25) is 0 Å². The third-order valence-corrected chi connectivity index (χ3v) is 3.93. The largest absolute Gasteiger partial charge is 0.373 e. The molecule has 104 valence electrons. The van der Waals surface area contributed by atoms with E-state index in [1.807, 2.05) is 7.05 Å². The van der Waals surface area contributed by atoms with Crippen molar-refractivity contribution in [2.75, 3.05) is 12.4 Å². The summed E-state index contributed by atoms with van der Waals surface area (Å²) < 4.78 is 13.1. The molecule has 0 bridgehead atoms. The summed E-state index contributed by atoms with van der Waals surface area (Å²) in [6.45, 7) is 0. The van der Waals surface area contributed by atoms with Crippen LogP contribution in [-0.4, -0.2) is 17.0 Å². The van der Waals surface area contributed by atoms with Crippen LogP contribution in [0.3, 0.4) is 0 Å². The number of hydrogen-bond donors (Lipinski definition) is 1. The normalized spacial score (nSPS) is 13.3. The Balaban J connectivity index is 1.95. The van der Waals surface area contributed by atoms with Gasteiger partial charge in [-0.15, -0.1) is 0 Å². The van der Waals surface area contributed by atoms with Gasteiger partial charge in [0.05, 0.1) is 0 Å². The van der Waals surface area contributed by atoms with Crippen LogP contribution in [-0.2, 0) is 19.3 Å². The molecule has 0 saturated carbocycles. The number of nitrogens with one attached hydrogen (secondary N) is 1. The van der Waals surface area contributed by atoms with E-state index in [1.165, 1.54) is 17.7 Å². The fraction of sp³-hybridized carbons (Fsp3) is 0.333. The molecular weight excluding hydrogens is 277 g/mol. The first-order chi connectivity index (χ1) is 9.67. The highest BCUT2D eigenvalue weighted by atomic mass is 35.5. The molecule has 1 N–H and O–H groups in total. The molecule has 1 aliphatic carbocycles. The summed E-state index contributed by atoms with van der Waals surface area (Å²) in [5.74, 6) is 1.30. The predicted octanol–water partition coefficient (Wildman–Crippen LogP) is 3.39. The van der Waals surface area contributed by atoms with E-state index in [0.29, 0.717) is 11.4 Å². The molecule has 1 aliphatic rings. The van der Waals surface area contributed by atoms with Crippen molar-refractivity contribution in [2.45, 2.75) is 25.7 Å². The van der Waals surface area contributed by atoms with Crippen molar-refractivity contribution < 1.29 is 4.39 Å². The summed E-state index contributed by atoms with van der Waals surface area (Å²) in [4.78, 5) is 9.16. The number of anilines is 1. The van der Waals surface area contributed by atoms with Crippen LogP contribution in [0.15, 0.2) is 18.2 Å². The van der Waals surface area contributed by atoms with Crippen LogP contribution < -0.4 is 5.32 Å². The molecule has 0 aliphatic heterocycles. The van der Waals surface area contributed by atoms with Gasteiger partial charge in [-0.25, -0.2) is 14.4 Å². The minimum absolute atomic E-state index is 0.329. The quantitative estimate of drug-likeness (QED) is 0.942. The van der Waals surface area contributed by atoms with Gasteiger partial charge in [0.25, 0.3) is 0 Å². The number of hydrogen-bond acceptors (Lipinski definition) is 3. The van der Waals surface area contributed by atoms with E-state index in [2.05, 4.69) is 15.3 Å². The zero-order chi connectivity index (χ0) is 14.1. The molecule has 20 heavy (non-hydrogen) atoms. The van der Waals surface area contributed by atoms with E-state index in [-0.39, 0.29) is 5.82 Å². The molecule has 0 amide bonds. The molecule has 3 nitrogen and oxygen atoms in total. The molecule has 0 fully saturated rings. The van der Waals surface area contributed by atoms with E-state index < -0.39 is 0 Å². The number of fused-ring (bicyclic) bond motifs is 1. The average Bonchev–Trinajstić information content (AvgIpc) is 2.89. The van der Waals surface area contributed by atoms with Crippen LogP contribution in [0, 0.1) is 5.82 Å². The minimum Gasteiger partial charge on any atom is -0.373 e. The van der Waals surface area contributed by atoms with Gasteiger partial charge in [0.15, 0.2) is 0 Å². The summed E-state index contributed by atoms with van der Waals surface area (Å²) in [5, 5.41) is 3.55. The van der Waals surface area contributed by atoms with Gasteiger partial charge in [-0.1, -0.05) is 17.7 Å². The third kappa shape index (κ3) is 2.48. The highest BCUT2D eigenvalue weighted by Crippen LogP contribution is 2.27. The Morgan fingerprint density at radius 1 is 1.30 bits per heavy atom. The van der Waals surface area contributed by atoms with E-state index >= 15 is 0 Å². The van der Waals surface area contributed by atoms with Gasteiger partial charge in [0, 0.05) is 29.7 Å². The summed E-state index contributed by atoms with van der Waals surface area (Å²) in [7, 11) is 1.87. The fourth-order valence-electron chi connectivity index (χ4n) is 2.60. The summed E-state index contributed by atoms with van der Waals surface area (Å²) >= 11 is 6.06. The van der Waals surface area contributed by atoms with Crippen LogP contribution in [0.4, 0.5) is 10.2 Å². The van der Waals surface area contributed by atoms with Crippen LogP contribution >= 0.6 is 11.6 Å². The minimum atomic E-state index is -0.329. The highest BCUT2D eigenvalue weighted by molar-refractivity contribution is 6.31. The first-order valence-corrected chi connectivity index (χ1v) is 7.05. The monoisotopic (exact) mass is 291 g/mol. The maximum atomic E-state index is 13.1. The zero-order valence-electron chi connectivity index (χ0n) is 11.2. The van der Waals surface area contributed by atoms with Crippen molar-refractivity contribution in [1.29, 1.82) is 0 Å². The first-order valence-electron chi connectivity index (χ1n) is 6.67. The lowest BCUT2D eigenvalue weighted by Gasteiger charge is -2.10. The van der Waals surface area contributed by atoms with Gasteiger partial charge >= 0.3 is 0 Å². The second kappa shape index (κ2) is 5.37. The molecule has 0 radical (unpaired) electrons. The fourth-order valence-corrected chi connectivity index (χ4v) is 2.84. The zero-order valence-corrected chi connectivity index (χ0v) is 12.0. The van der Waals surface area contributed by atoms with E-state index in [9.17, 15) is 4.39 Å². The molecule has 2 aromatic rings. The number of aromatic nitrogens is 2. The molecule has 1 aromatic heterocycles. The summed E-state index contributed by atoms with van der Waals surface area (Å²) in [5.41, 5.74) is 3.19. The van der Waals surface area contributed by atoms with E-state index in [1.54, 1.807) is 6.07 Å². The number of rotatable bonds is 3. The predicted molar refractivity (Wildman–Crippen MR) is 77.8 cm³/mol. The van der Waals surface area contributed by atoms with Crippen molar-refractivity contribution in [3.05, 3.63) is 51.7 Å². The molecule has 0 unspecified atom stereocenters. The van der Waals surface area contributed by atoms with Gasteiger partial charge in [0.1, 0.15) is 17.5 Å². The summed E-state index contributed by atoms with van der Waals surface area (Å²) in [6.07, 6.45) is 3.67. The van der Waals surface area contributed by atoms with Crippen molar-refractivity contribution in [3.63, 3.8) is 0 Å². The molecule has 0 saturated heterocycles. The Hall–Kier alpha value is -1.68. The second-order valence-electron chi connectivity index (χ2n) is 4.93. The lowest BCUT2D eigenvalue weighted by molar-refractivity contribution is 0.627. The Bertz CT molecular complexity index is 658. The molecule has 5 heteroatoms. The van der Waals surface area contributed by atoms with Crippen molar-refractivity contribution in [3.8, 4) is 0 Å². The smallest absolute Gasteiger partial charge is 0.135 e. The topological polar surface area (TPSA) is 37.8 Å². The molecular formula is C15H15ClFN3. The van der Waals surface area contributed by atoms with Crippen LogP contribution in [0.5, 0.6) is 0 Å². The van der Waals surface area contributed by atoms with Gasteiger partial charge in [-0.2, -0.15) is 0 Å². The Morgan fingerprint density at radius 2 is 2.15 bits per heavy atom. The lowest BCUT2D eigenvalue weighted by atomic mass is 10.1. The Morgan fingerprint density at radius 3 is 2.90 bits per heavy atom. The van der Waals surface area contributed by atoms with Crippen molar-refractivity contribution in [2.24, 2.45) is 0 Å². The molecule has 1 heterocycles. The highest BCUT2D eigenvalue weighted by Gasteiger charge is 2.19. The summed E-state index contributed by atoms with van der Waals surface area (Å²) in [6, 6.07) is 4.42. The van der Waals surface area contributed by atoms with Crippen LogP contribution in [0.25, 0.3) is 0 Å². The molecule has 1 aromatic carbocycles. The molecule has 0 atom stereocenters. The number of halogens is 2. The van der Waals surface area contributed by atoms with Crippen LogP contribution in [0.1, 0.15) is 29.1 Å². The van der Waals surface area contributed by atoms with E-state index in [0.717, 1.165) is 42.2 Å².